The molecule has 1 aromatic heterocycles. The summed E-state index contributed by atoms with van der Waals surface area (Å²) in [6.45, 7) is 1.75. The molecule has 1 saturated heterocycles. The van der Waals surface area contributed by atoms with E-state index < -0.39 is 0 Å². The number of aliphatic hydroxyl groups is 1. The Hall–Kier alpha value is -1.73. The molecule has 1 aromatic carbocycles. The predicted molar refractivity (Wildman–Crippen MR) is 100 cm³/mol. The lowest BCUT2D eigenvalue weighted by molar-refractivity contribution is 0.239. The number of hydrogen-bond acceptors (Lipinski definition) is 5. The van der Waals surface area contributed by atoms with Crippen LogP contribution < -0.4 is 10.2 Å². The van der Waals surface area contributed by atoms with Crippen molar-refractivity contribution >= 4 is 27.6 Å². The van der Waals surface area contributed by atoms with Crippen molar-refractivity contribution in [3.8, 4) is 0 Å². The van der Waals surface area contributed by atoms with Gasteiger partial charge in [-0.15, -0.1) is 0 Å². The number of aliphatic hydroxyl groups excluding tert-OH is 1. The smallest absolute Gasteiger partial charge is 0.137 e. The van der Waals surface area contributed by atoms with Crippen LogP contribution in [-0.2, 0) is 6.42 Å². The summed E-state index contributed by atoms with van der Waals surface area (Å²) in [7, 11) is 0. The molecule has 3 rings (SSSR count). The summed E-state index contributed by atoms with van der Waals surface area (Å²) in [4.78, 5) is 10.8. The molecule has 1 unspecified atom stereocenters. The Morgan fingerprint density at radius 3 is 2.96 bits per heavy atom. The van der Waals surface area contributed by atoms with E-state index in [1.807, 2.05) is 6.07 Å². The fourth-order valence-electron chi connectivity index (χ4n) is 3.12. The molecule has 134 valence electrons. The maximum atomic E-state index is 13.3. The average Bonchev–Trinajstić information content (AvgIpc) is 2.65. The van der Waals surface area contributed by atoms with Crippen molar-refractivity contribution in [3.05, 3.63) is 46.4 Å². The molecule has 2 heterocycles. The van der Waals surface area contributed by atoms with Gasteiger partial charge in [0.15, 0.2) is 0 Å². The molecule has 1 aliphatic rings. The number of aromatic nitrogens is 2. The highest BCUT2D eigenvalue weighted by Gasteiger charge is 2.23. The number of anilines is 2. The predicted octanol–water partition coefficient (Wildman–Crippen LogP) is 3.38. The maximum absolute atomic E-state index is 13.3. The molecule has 7 heteroatoms. The molecule has 1 fully saturated rings. The number of nitrogens with one attached hydrogen (secondary N) is 1. The number of nitrogens with zero attached hydrogens (tertiary/aromatic N) is 3. The third kappa shape index (κ3) is 4.67. The fourth-order valence-corrected chi connectivity index (χ4v) is 3.55. The summed E-state index contributed by atoms with van der Waals surface area (Å²) >= 11 is 3.21. The Labute approximate surface area is 155 Å². The minimum Gasteiger partial charge on any atom is -0.394 e. The lowest BCUT2D eigenvalue weighted by Gasteiger charge is -2.35. The highest BCUT2D eigenvalue weighted by atomic mass is 79.9. The van der Waals surface area contributed by atoms with Crippen molar-refractivity contribution in [3.63, 3.8) is 0 Å². The van der Waals surface area contributed by atoms with Crippen LogP contribution in [-0.4, -0.2) is 40.8 Å². The summed E-state index contributed by atoms with van der Waals surface area (Å²) < 4.78 is 13.7. The molecular formula is C18H22BrFN4O. The molecule has 0 saturated carbocycles. The van der Waals surface area contributed by atoms with Gasteiger partial charge in [-0.25, -0.2) is 14.4 Å². The Kier molecular flexibility index (Phi) is 6.20. The number of hydrogen-bond donors (Lipinski definition) is 2. The largest absolute Gasteiger partial charge is 0.394 e. The standard InChI is InChI=1S/C18H22BrFN4O/c19-15-9-13(4-5-16(15)20)6-7-21-17-10-18(23-12-22-17)24-8-2-1-3-14(24)11-25/h4-5,9-10,12,14,25H,1-3,6-8,11H2,(H,21,22,23). The molecule has 25 heavy (non-hydrogen) atoms. The van der Waals surface area contributed by atoms with Crippen molar-refractivity contribution in [1.82, 2.24) is 9.97 Å². The Morgan fingerprint density at radius 2 is 2.16 bits per heavy atom. The molecule has 1 aliphatic heterocycles. The van der Waals surface area contributed by atoms with Crippen molar-refractivity contribution < 1.29 is 9.50 Å². The zero-order valence-electron chi connectivity index (χ0n) is 14.0. The minimum absolute atomic E-state index is 0.132. The number of rotatable bonds is 6. The van der Waals surface area contributed by atoms with Crippen LogP contribution in [0.1, 0.15) is 24.8 Å². The topological polar surface area (TPSA) is 61.3 Å². The summed E-state index contributed by atoms with van der Waals surface area (Å²) in [5.41, 5.74) is 1.05. The van der Waals surface area contributed by atoms with Crippen LogP contribution in [0.3, 0.4) is 0 Å². The molecule has 1 atom stereocenters. The zero-order valence-corrected chi connectivity index (χ0v) is 15.5. The van der Waals surface area contributed by atoms with Gasteiger partial charge in [0.1, 0.15) is 23.8 Å². The monoisotopic (exact) mass is 408 g/mol. The van der Waals surface area contributed by atoms with Gasteiger partial charge in [0.25, 0.3) is 0 Å². The average molecular weight is 409 g/mol. The van der Waals surface area contributed by atoms with Gasteiger partial charge in [-0.1, -0.05) is 6.07 Å². The van der Waals surface area contributed by atoms with E-state index in [-0.39, 0.29) is 18.5 Å². The van der Waals surface area contributed by atoms with E-state index in [1.54, 1.807) is 18.5 Å². The molecule has 0 amide bonds. The maximum Gasteiger partial charge on any atom is 0.137 e. The lowest BCUT2D eigenvalue weighted by atomic mass is 10.0. The zero-order chi connectivity index (χ0) is 17.6. The second-order valence-corrected chi connectivity index (χ2v) is 7.07. The van der Waals surface area contributed by atoms with Crippen LogP contribution in [0.25, 0.3) is 0 Å². The van der Waals surface area contributed by atoms with Gasteiger partial charge in [0.05, 0.1) is 17.1 Å². The molecule has 0 spiro atoms. The molecule has 0 radical (unpaired) electrons. The van der Waals surface area contributed by atoms with Crippen molar-refractivity contribution in [2.24, 2.45) is 0 Å². The first kappa shape index (κ1) is 18.1. The van der Waals surface area contributed by atoms with Gasteiger partial charge in [0.2, 0.25) is 0 Å². The molecule has 2 aromatic rings. The van der Waals surface area contributed by atoms with Crippen molar-refractivity contribution in [2.45, 2.75) is 31.7 Å². The van der Waals surface area contributed by atoms with E-state index in [2.05, 4.69) is 36.1 Å². The molecule has 2 N–H and O–H groups in total. The third-order valence-corrected chi connectivity index (χ3v) is 5.10. The van der Waals surface area contributed by atoms with E-state index in [4.69, 9.17) is 0 Å². The van der Waals surface area contributed by atoms with Crippen LogP contribution in [0, 0.1) is 5.82 Å². The van der Waals surface area contributed by atoms with Gasteiger partial charge >= 0.3 is 0 Å². The van der Waals surface area contributed by atoms with Crippen molar-refractivity contribution in [2.75, 3.05) is 29.9 Å². The van der Waals surface area contributed by atoms with Crippen LogP contribution in [0.2, 0.25) is 0 Å². The molecule has 0 bridgehead atoms. The van der Waals surface area contributed by atoms with Gasteiger partial charge in [-0.05, 0) is 59.3 Å². The summed E-state index contributed by atoms with van der Waals surface area (Å²) in [5.74, 6) is 1.35. The molecular weight excluding hydrogens is 387 g/mol. The van der Waals surface area contributed by atoms with Gasteiger partial charge in [-0.2, -0.15) is 0 Å². The van der Waals surface area contributed by atoms with Crippen LogP contribution in [0.5, 0.6) is 0 Å². The summed E-state index contributed by atoms with van der Waals surface area (Å²) in [6.07, 6.45) is 5.56. The second-order valence-electron chi connectivity index (χ2n) is 6.21. The Morgan fingerprint density at radius 1 is 1.28 bits per heavy atom. The number of benzene rings is 1. The Balaban J connectivity index is 1.60. The minimum atomic E-state index is -0.253. The van der Waals surface area contributed by atoms with Crippen LogP contribution in [0.4, 0.5) is 16.0 Å². The third-order valence-electron chi connectivity index (χ3n) is 4.49. The van der Waals surface area contributed by atoms with Gasteiger partial charge in [-0.3, -0.25) is 0 Å². The summed E-state index contributed by atoms with van der Waals surface area (Å²) in [6, 6.07) is 7.10. The number of halogens is 2. The lowest BCUT2D eigenvalue weighted by Crippen LogP contribution is -2.42. The van der Waals surface area contributed by atoms with Gasteiger partial charge < -0.3 is 15.3 Å². The van der Waals surface area contributed by atoms with E-state index in [1.165, 1.54) is 6.07 Å². The van der Waals surface area contributed by atoms with E-state index >= 15 is 0 Å². The molecule has 5 nitrogen and oxygen atoms in total. The quantitative estimate of drug-likeness (QED) is 0.766. The highest BCUT2D eigenvalue weighted by Crippen LogP contribution is 2.24. The first-order valence-electron chi connectivity index (χ1n) is 8.54. The summed E-state index contributed by atoms with van der Waals surface area (Å²) in [5, 5.41) is 12.9. The van der Waals surface area contributed by atoms with E-state index in [0.717, 1.165) is 49.4 Å². The van der Waals surface area contributed by atoms with Gasteiger partial charge in [0, 0.05) is 19.2 Å². The first-order valence-corrected chi connectivity index (χ1v) is 9.34. The normalized spacial score (nSPS) is 17.6. The van der Waals surface area contributed by atoms with Crippen LogP contribution >= 0.6 is 15.9 Å². The Bertz CT molecular complexity index is 715. The SMILES string of the molecule is OCC1CCCCN1c1cc(NCCc2ccc(F)c(Br)c2)ncn1. The van der Waals surface area contributed by atoms with Crippen molar-refractivity contribution in [1.29, 1.82) is 0 Å². The highest BCUT2D eigenvalue weighted by molar-refractivity contribution is 9.10. The van der Waals surface area contributed by atoms with Crippen LogP contribution in [0.15, 0.2) is 35.1 Å². The molecule has 0 aliphatic carbocycles. The number of piperidine rings is 1. The fraction of sp³-hybridized carbons (Fsp3) is 0.444. The van der Waals surface area contributed by atoms with E-state index in [9.17, 15) is 9.50 Å². The first-order chi connectivity index (χ1) is 12.2. The van der Waals surface area contributed by atoms with E-state index in [0.29, 0.717) is 11.0 Å². The second kappa shape index (κ2) is 8.58.